The van der Waals surface area contributed by atoms with Crippen LogP contribution in [0.5, 0.6) is 0 Å². The van der Waals surface area contributed by atoms with Crippen LogP contribution in [0.1, 0.15) is 23.2 Å². The highest BCUT2D eigenvalue weighted by atomic mass is 32.2. The molecule has 0 aromatic heterocycles. The van der Waals surface area contributed by atoms with E-state index in [2.05, 4.69) is 0 Å². The van der Waals surface area contributed by atoms with E-state index in [0.29, 0.717) is 12.2 Å². The Morgan fingerprint density at radius 2 is 1.73 bits per heavy atom. The third-order valence-electron chi connectivity index (χ3n) is 3.71. The third-order valence-corrected chi connectivity index (χ3v) is 5.02. The Hall–Kier alpha value is -1.78. The number of carbonyl (C=O) groups is 1. The minimum absolute atomic E-state index is 0.211. The first-order valence-corrected chi connectivity index (χ1v) is 8.33. The Balaban J connectivity index is 1.59. The van der Waals surface area contributed by atoms with Crippen LogP contribution in [0.3, 0.4) is 0 Å². The quantitative estimate of drug-likeness (QED) is 0.874. The molecule has 4 heteroatoms. The Labute approximate surface area is 134 Å². The zero-order valence-electron chi connectivity index (χ0n) is 12.1. The van der Waals surface area contributed by atoms with Crippen LogP contribution < -0.4 is 0 Å². The molecule has 2 atom stereocenters. The van der Waals surface area contributed by atoms with Gasteiger partial charge in [-0.25, -0.2) is 4.79 Å². The first-order valence-electron chi connectivity index (χ1n) is 7.38. The molecule has 1 unspecified atom stereocenters. The zero-order chi connectivity index (χ0) is 15.4. The summed E-state index contributed by atoms with van der Waals surface area (Å²) in [4.78, 5) is 12.0. The number of hydrogen-bond acceptors (Lipinski definition) is 4. The lowest BCUT2D eigenvalue weighted by molar-refractivity contribution is 0.0506. The first kappa shape index (κ1) is 15.1. The van der Waals surface area contributed by atoms with Gasteiger partial charge in [0.05, 0.1) is 11.0 Å². The van der Waals surface area contributed by atoms with Crippen molar-refractivity contribution in [3.8, 4) is 11.1 Å². The summed E-state index contributed by atoms with van der Waals surface area (Å²) in [5, 5.41) is 9.65. The van der Waals surface area contributed by atoms with E-state index >= 15 is 0 Å². The molecular weight excluding hydrogens is 296 g/mol. The van der Waals surface area contributed by atoms with E-state index in [1.807, 2.05) is 42.5 Å². The van der Waals surface area contributed by atoms with Gasteiger partial charge in [0.1, 0.15) is 6.61 Å². The summed E-state index contributed by atoms with van der Waals surface area (Å²) in [7, 11) is 0. The maximum absolute atomic E-state index is 12.0. The summed E-state index contributed by atoms with van der Waals surface area (Å²) in [6, 6.07) is 17.5. The Kier molecular flexibility index (Phi) is 4.80. The van der Waals surface area contributed by atoms with Gasteiger partial charge in [-0.05, 0) is 36.1 Å². The van der Waals surface area contributed by atoms with Gasteiger partial charge in [-0.15, -0.1) is 11.8 Å². The highest BCUT2D eigenvalue weighted by Gasteiger charge is 2.24. The Morgan fingerprint density at radius 1 is 1.05 bits per heavy atom. The average molecular weight is 314 g/mol. The van der Waals surface area contributed by atoms with Gasteiger partial charge in [0.2, 0.25) is 0 Å². The van der Waals surface area contributed by atoms with Crippen molar-refractivity contribution in [3.63, 3.8) is 0 Å². The summed E-state index contributed by atoms with van der Waals surface area (Å²) in [5.74, 6) is -0.304. The van der Waals surface area contributed by atoms with Crippen molar-refractivity contribution < 1.29 is 14.6 Å². The van der Waals surface area contributed by atoms with E-state index in [9.17, 15) is 9.90 Å². The molecule has 0 radical (unpaired) electrons. The monoisotopic (exact) mass is 314 g/mol. The topological polar surface area (TPSA) is 46.5 Å². The number of aliphatic hydroxyl groups excluding tert-OH is 1. The molecule has 0 bridgehead atoms. The molecule has 2 aromatic carbocycles. The molecule has 0 spiro atoms. The van der Waals surface area contributed by atoms with Gasteiger partial charge >= 0.3 is 5.97 Å². The number of thioether (sulfide) groups is 1. The molecule has 0 amide bonds. The zero-order valence-corrected chi connectivity index (χ0v) is 13.0. The highest BCUT2D eigenvalue weighted by Crippen LogP contribution is 2.32. The van der Waals surface area contributed by atoms with E-state index in [4.69, 9.17) is 4.74 Å². The molecule has 3 rings (SSSR count). The molecule has 1 aliphatic rings. The summed E-state index contributed by atoms with van der Waals surface area (Å²) >= 11 is 1.48. The van der Waals surface area contributed by atoms with Crippen LogP contribution in [0.2, 0.25) is 0 Å². The Bertz CT molecular complexity index is 625. The molecule has 1 fully saturated rings. The fraction of sp³-hybridized carbons (Fsp3) is 0.278. The fourth-order valence-electron chi connectivity index (χ4n) is 2.49. The lowest BCUT2D eigenvalue weighted by Crippen LogP contribution is -2.14. The molecule has 22 heavy (non-hydrogen) atoms. The standard InChI is InChI=1S/C18H18O3S/c19-17-11-10-16(22-17)12-21-18(20)15-8-6-14(7-9-15)13-4-2-1-3-5-13/h1-9,16-17,19H,10-12H2/t16-,17?/m0/s1. The van der Waals surface area contributed by atoms with Gasteiger partial charge in [0, 0.05) is 5.25 Å². The molecular formula is C18H18O3S. The van der Waals surface area contributed by atoms with Crippen molar-refractivity contribution in [3.05, 3.63) is 60.2 Å². The van der Waals surface area contributed by atoms with Crippen molar-refractivity contribution >= 4 is 17.7 Å². The second-order valence-corrected chi connectivity index (χ2v) is 6.81. The van der Waals surface area contributed by atoms with Crippen molar-refractivity contribution in [2.75, 3.05) is 6.61 Å². The van der Waals surface area contributed by atoms with Gasteiger partial charge in [-0.1, -0.05) is 42.5 Å². The van der Waals surface area contributed by atoms with Gasteiger partial charge in [0.15, 0.2) is 0 Å². The van der Waals surface area contributed by atoms with E-state index < -0.39 is 0 Å². The van der Waals surface area contributed by atoms with E-state index in [0.717, 1.165) is 24.0 Å². The van der Waals surface area contributed by atoms with Crippen LogP contribution in [0.4, 0.5) is 0 Å². The molecule has 3 nitrogen and oxygen atoms in total. The van der Waals surface area contributed by atoms with Gasteiger partial charge in [0.25, 0.3) is 0 Å². The summed E-state index contributed by atoms with van der Waals surface area (Å²) in [5.41, 5.74) is 2.45. The highest BCUT2D eigenvalue weighted by molar-refractivity contribution is 8.00. The molecule has 1 saturated heterocycles. The number of carbonyl (C=O) groups excluding carboxylic acids is 1. The second kappa shape index (κ2) is 6.99. The van der Waals surface area contributed by atoms with Gasteiger partial charge < -0.3 is 9.84 Å². The SMILES string of the molecule is O=C(OC[C@@H]1CCC(O)S1)c1ccc(-c2ccccc2)cc1. The van der Waals surface area contributed by atoms with Gasteiger partial charge in [-0.2, -0.15) is 0 Å². The number of rotatable bonds is 4. The average Bonchev–Trinajstić information content (AvgIpc) is 2.99. The van der Waals surface area contributed by atoms with E-state index in [-0.39, 0.29) is 16.7 Å². The molecule has 0 saturated carbocycles. The minimum atomic E-state index is -0.311. The largest absolute Gasteiger partial charge is 0.461 e. The van der Waals surface area contributed by atoms with Crippen molar-refractivity contribution in [1.29, 1.82) is 0 Å². The molecule has 1 heterocycles. The number of ether oxygens (including phenoxy) is 1. The maximum Gasteiger partial charge on any atom is 0.338 e. The van der Waals surface area contributed by atoms with Crippen molar-refractivity contribution in [2.24, 2.45) is 0 Å². The predicted molar refractivity (Wildman–Crippen MR) is 88.8 cm³/mol. The lowest BCUT2D eigenvalue weighted by Gasteiger charge is -2.10. The number of aliphatic hydroxyl groups is 1. The molecule has 114 valence electrons. The minimum Gasteiger partial charge on any atom is -0.461 e. The summed E-state index contributed by atoms with van der Waals surface area (Å²) < 4.78 is 5.34. The third kappa shape index (κ3) is 3.70. The smallest absolute Gasteiger partial charge is 0.338 e. The summed E-state index contributed by atoms with van der Waals surface area (Å²) in [6.07, 6.45) is 1.67. The van der Waals surface area contributed by atoms with Crippen LogP contribution in [0.25, 0.3) is 11.1 Å². The van der Waals surface area contributed by atoms with Crippen LogP contribution in [-0.4, -0.2) is 28.4 Å². The normalized spacial score (nSPS) is 20.8. The molecule has 0 aliphatic carbocycles. The van der Waals surface area contributed by atoms with E-state index in [1.165, 1.54) is 11.8 Å². The lowest BCUT2D eigenvalue weighted by atomic mass is 10.0. The van der Waals surface area contributed by atoms with Crippen molar-refractivity contribution in [2.45, 2.75) is 23.5 Å². The van der Waals surface area contributed by atoms with E-state index in [1.54, 1.807) is 12.1 Å². The fourth-order valence-corrected chi connectivity index (χ4v) is 3.63. The van der Waals surface area contributed by atoms with Gasteiger partial charge in [-0.3, -0.25) is 0 Å². The van der Waals surface area contributed by atoms with Crippen LogP contribution in [0, 0.1) is 0 Å². The summed E-state index contributed by atoms with van der Waals surface area (Å²) in [6.45, 7) is 0.362. The van der Waals surface area contributed by atoms with Crippen LogP contribution >= 0.6 is 11.8 Å². The number of esters is 1. The molecule has 1 N–H and O–H groups in total. The van der Waals surface area contributed by atoms with Crippen LogP contribution in [0.15, 0.2) is 54.6 Å². The Morgan fingerprint density at radius 3 is 2.36 bits per heavy atom. The van der Waals surface area contributed by atoms with Crippen molar-refractivity contribution in [1.82, 2.24) is 0 Å². The molecule has 1 aliphatic heterocycles. The molecule has 2 aromatic rings. The predicted octanol–water partition coefficient (Wildman–Crippen LogP) is 3.72. The second-order valence-electron chi connectivity index (χ2n) is 5.33. The maximum atomic E-state index is 12.0. The number of benzene rings is 2. The van der Waals surface area contributed by atoms with Crippen LogP contribution in [-0.2, 0) is 4.74 Å². The number of hydrogen-bond donors (Lipinski definition) is 1. The first-order chi connectivity index (χ1) is 10.7.